The largest absolute Gasteiger partial charge is 0.456 e. The first-order valence-electron chi connectivity index (χ1n) is 21.6. The molecule has 0 aliphatic rings. The first kappa shape index (κ1) is 37.7. The Hall–Kier alpha value is -7.30. The van der Waals surface area contributed by atoms with Crippen molar-refractivity contribution in [3.8, 4) is 0 Å². The maximum Gasteiger partial charge on any atom is 0.147 e. The molecular formula is C58H48N2O2. The van der Waals surface area contributed by atoms with Crippen molar-refractivity contribution in [1.82, 2.24) is 0 Å². The van der Waals surface area contributed by atoms with Crippen LogP contribution < -0.4 is 9.80 Å². The topological polar surface area (TPSA) is 32.8 Å². The van der Waals surface area contributed by atoms with Crippen LogP contribution in [0.15, 0.2) is 154 Å². The summed E-state index contributed by atoms with van der Waals surface area (Å²) >= 11 is 0. The van der Waals surface area contributed by atoms with E-state index in [1.807, 2.05) is 0 Å². The summed E-state index contributed by atoms with van der Waals surface area (Å²) in [6, 6.07) is 53.0. The van der Waals surface area contributed by atoms with Crippen LogP contribution in [0.5, 0.6) is 0 Å². The Morgan fingerprint density at radius 1 is 0.323 bits per heavy atom. The fraction of sp³-hybridized carbons (Fsp3) is 0.138. The number of fused-ring (bicyclic) bond motifs is 9. The van der Waals surface area contributed by atoms with Gasteiger partial charge in [0.05, 0.1) is 5.39 Å². The van der Waals surface area contributed by atoms with Crippen LogP contribution in [0, 0.1) is 55.4 Å². The summed E-state index contributed by atoms with van der Waals surface area (Å²) in [5, 5.41) is 8.93. The molecule has 0 saturated carbocycles. The minimum absolute atomic E-state index is 0.854. The molecule has 0 unspecified atom stereocenters. The molecule has 11 aromatic rings. The average molecular weight is 805 g/mol. The lowest BCUT2D eigenvalue weighted by Crippen LogP contribution is -2.13. The first-order chi connectivity index (χ1) is 30.0. The summed E-state index contributed by atoms with van der Waals surface area (Å²) in [5.41, 5.74) is 20.2. The number of aryl methyl sites for hydroxylation is 6. The van der Waals surface area contributed by atoms with Crippen LogP contribution in [-0.4, -0.2) is 0 Å². The van der Waals surface area contributed by atoms with Crippen molar-refractivity contribution in [1.29, 1.82) is 0 Å². The maximum absolute atomic E-state index is 7.01. The smallest absolute Gasteiger partial charge is 0.147 e. The highest BCUT2D eigenvalue weighted by Gasteiger charge is 2.24. The summed E-state index contributed by atoms with van der Waals surface area (Å²) in [6.45, 7) is 17.6. The molecule has 0 radical (unpaired) electrons. The zero-order valence-electron chi connectivity index (χ0n) is 36.6. The molecule has 0 spiro atoms. The van der Waals surface area contributed by atoms with Crippen molar-refractivity contribution in [2.45, 2.75) is 55.4 Å². The van der Waals surface area contributed by atoms with Crippen LogP contribution in [0.25, 0.3) is 65.4 Å². The highest BCUT2D eigenvalue weighted by atomic mass is 16.3. The van der Waals surface area contributed by atoms with Gasteiger partial charge in [0, 0.05) is 50.3 Å². The van der Waals surface area contributed by atoms with Crippen molar-refractivity contribution in [3.05, 3.63) is 190 Å². The molecule has 0 atom stereocenters. The molecule has 302 valence electrons. The van der Waals surface area contributed by atoms with E-state index in [4.69, 9.17) is 8.83 Å². The minimum atomic E-state index is 0.854. The van der Waals surface area contributed by atoms with E-state index in [0.717, 1.165) is 82.7 Å². The maximum atomic E-state index is 7.01. The lowest BCUT2D eigenvalue weighted by atomic mass is 9.96. The fourth-order valence-corrected chi connectivity index (χ4v) is 9.73. The zero-order valence-corrected chi connectivity index (χ0v) is 36.6. The third-order valence-electron chi connectivity index (χ3n) is 13.6. The standard InChI is InChI=1S/C58H48N2O2/c1-33-17-13-21-51(37(33)5)59(49-19-11-9-15-35(49)3)45-25-23-41-29-47-53(31-43(41)27-45)62-58-55(47)39(7)40(8)57-56(58)48-30-42-24-26-46(28-44(42)32-54(48)61-57)60(50-20-12-10-16-36(50)4)52-22-14-18-34(2)38(52)6/h9-32H,1-8H3. The van der Waals surface area contributed by atoms with Gasteiger partial charge in [-0.25, -0.2) is 0 Å². The second-order valence-electron chi connectivity index (χ2n) is 17.3. The lowest BCUT2D eigenvalue weighted by Gasteiger charge is -2.29. The van der Waals surface area contributed by atoms with Gasteiger partial charge in [0.25, 0.3) is 0 Å². The van der Waals surface area contributed by atoms with E-state index in [1.54, 1.807) is 0 Å². The lowest BCUT2D eigenvalue weighted by molar-refractivity contribution is 0.660. The van der Waals surface area contributed by atoms with E-state index >= 15 is 0 Å². The Bertz CT molecular complexity index is 3640. The minimum Gasteiger partial charge on any atom is -0.456 e. The Morgan fingerprint density at radius 2 is 0.758 bits per heavy atom. The molecule has 9 aromatic carbocycles. The summed E-state index contributed by atoms with van der Waals surface area (Å²) < 4.78 is 13.9. The molecule has 62 heavy (non-hydrogen) atoms. The van der Waals surface area contributed by atoms with E-state index in [0.29, 0.717) is 0 Å². The highest BCUT2D eigenvalue weighted by molar-refractivity contribution is 6.26. The first-order valence-corrected chi connectivity index (χ1v) is 21.6. The average Bonchev–Trinajstić information content (AvgIpc) is 3.83. The number of anilines is 6. The van der Waals surface area contributed by atoms with Gasteiger partial charge in [-0.05, 0) is 194 Å². The molecule has 0 fully saturated rings. The number of benzene rings is 9. The van der Waals surface area contributed by atoms with Crippen molar-refractivity contribution < 1.29 is 8.83 Å². The number of para-hydroxylation sites is 2. The molecule has 0 saturated heterocycles. The van der Waals surface area contributed by atoms with E-state index in [-0.39, 0.29) is 0 Å². The normalized spacial score (nSPS) is 11.9. The summed E-state index contributed by atoms with van der Waals surface area (Å²) in [5.74, 6) is 0. The van der Waals surface area contributed by atoms with Gasteiger partial charge in [-0.3, -0.25) is 0 Å². The van der Waals surface area contributed by atoms with Gasteiger partial charge in [0.1, 0.15) is 22.3 Å². The van der Waals surface area contributed by atoms with E-state index in [2.05, 4.69) is 211 Å². The van der Waals surface area contributed by atoms with Crippen molar-refractivity contribution in [3.63, 3.8) is 0 Å². The number of hydrogen-bond donors (Lipinski definition) is 0. The fourth-order valence-electron chi connectivity index (χ4n) is 9.73. The van der Waals surface area contributed by atoms with Gasteiger partial charge in [-0.2, -0.15) is 0 Å². The molecule has 0 aliphatic carbocycles. The second-order valence-corrected chi connectivity index (χ2v) is 17.3. The number of nitrogens with zero attached hydrogens (tertiary/aromatic N) is 2. The summed E-state index contributed by atoms with van der Waals surface area (Å²) in [6.07, 6.45) is 0. The third-order valence-corrected chi connectivity index (χ3v) is 13.6. The SMILES string of the molecule is Cc1ccccc1N(c1ccc2cc3c(cc2c1)oc1c3c(C)c(C)c2oc3cc4cc(N(c5ccccc5C)c5cccc(C)c5C)ccc4cc3c21)c1cccc(C)c1C. The quantitative estimate of drug-likeness (QED) is 0.168. The monoisotopic (exact) mass is 804 g/mol. The van der Waals surface area contributed by atoms with E-state index in [1.165, 1.54) is 61.4 Å². The van der Waals surface area contributed by atoms with E-state index in [9.17, 15) is 0 Å². The number of hydrogen-bond acceptors (Lipinski definition) is 4. The van der Waals surface area contributed by atoms with Crippen LogP contribution >= 0.6 is 0 Å². The highest BCUT2D eigenvalue weighted by Crippen LogP contribution is 2.47. The molecule has 11 rings (SSSR count). The van der Waals surface area contributed by atoms with Crippen LogP contribution in [-0.2, 0) is 0 Å². The Balaban J connectivity index is 1.08. The molecule has 0 aliphatic heterocycles. The van der Waals surface area contributed by atoms with E-state index < -0.39 is 0 Å². The predicted molar refractivity (Wildman–Crippen MR) is 263 cm³/mol. The predicted octanol–water partition coefficient (Wildman–Crippen LogP) is 17.2. The third kappa shape index (κ3) is 5.74. The van der Waals surface area contributed by atoms with Crippen molar-refractivity contribution in [2.75, 3.05) is 9.80 Å². The van der Waals surface area contributed by atoms with Gasteiger partial charge < -0.3 is 18.6 Å². The van der Waals surface area contributed by atoms with Gasteiger partial charge >= 0.3 is 0 Å². The van der Waals surface area contributed by atoms with Crippen LogP contribution in [0.1, 0.15) is 44.5 Å². The zero-order chi connectivity index (χ0) is 42.6. The molecule has 2 heterocycles. The number of furan rings is 2. The molecule has 2 aromatic heterocycles. The van der Waals surface area contributed by atoms with Gasteiger partial charge in [-0.15, -0.1) is 0 Å². The molecule has 4 heteroatoms. The summed E-state index contributed by atoms with van der Waals surface area (Å²) in [4.78, 5) is 4.79. The second kappa shape index (κ2) is 14.1. The Labute approximate surface area is 362 Å². The molecule has 0 amide bonds. The van der Waals surface area contributed by atoms with Gasteiger partial charge in [0.15, 0.2) is 0 Å². The van der Waals surface area contributed by atoms with Crippen LogP contribution in [0.4, 0.5) is 34.1 Å². The number of rotatable bonds is 6. The van der Waals surface area contributed by atoms with Crippen LogP contribution in [0.3, 0.4) is 0 Å². The van der Waals surface area contributed by atoms with Crippen LogP contribution in [0.2, 0.25) is 0 Å². The Morgan fingerprint density at radius 3 is 1.26 bits per heavy atom. The molecule has 0 bridgehead atoms. The molecular weight excluding hydrogens is 757 g/mol. The van der Waals surface area contributed by atoms with Gasteiger partial charge in [-0.1, -0.05) is 72.8 Å². The Kier molecular flexibility index (Phi) is 8.59. The van der Waals surface area contributed by atoms with Gasteiger partial charge in [0.2, 0.25) is 0 Å². The summed E-state index contributed by atoms with van der Waals surface area (Å²) in [7, 11) is 0. The van der Waals surface area contributed by atoms with Crippen molar-refractivity contribution >= 4 is 99.5 Å². The molecule has 0 N–H and O–H groups in total. The van der Waals surface area contributed by atoms with Crippen molar-refractivity contribution in [2.24, 2.45) is 0 Å². The molecule has 4 nitrogen and oxygen atoms in total.